The molecule has 0 bridgehead atoms. The summed E-state index contributed by atoms with van der Waals surface area (Å²) in [6.07, 6.45) is 1.02. The topological polar surface area (TPSA) is 24.1 Å². The van der Waals surface area contributed by atoms with Gasteiger partial charge >= 0.3 is 0 Å². The summed E-state index contributed by atoms with van der Waals surface area (Å²) in [5.41, 5.74) is 0.545. The van der Waals surface area contributed by atoms with Crippen molar-refractivity contribution in [3.8, 4) is 0 Å². The van der Waals surface area contributed by atoms with Gasteiger partial charge in [0.15, 0.2) is 0 Å². The van der Waals surface area contributed by atoms with Crippen LogP contribution in [-0.4, -0.2) is 20.1 Å². The Balaban J connectivity index is 2.37. The first-order chi connectivity index (χ1) is 7.25. The minimum atomic E-state index is -0.247. The minimum absolute atomic E-state index is 0.247. The molecule has 0 aromatic heterocycles. The molecule has 0 aliphatic heterocycles. The van der Waals surface area contributed by atoms with Crippen LogP contribution in [-0.2, 0) is 6.54 Å². The Labute approximate surface area is 94.8 Å². The van der Waals surface area contributed by atoms with E-state index in [0.29, 0.717) is 17.1 Å². The van der Waals surface area contributed by atoms with Crippen molar-refractivity contribution in [3.05, 3.63) is 34.6 Å². The standard InChI is InChI=1S/C11H16ClFN2/c1-14-6-3-7-15-8-9-10(12)4-2-5-11(9)13/h2,4-5,14-15H,3,6-8H2,1H3. The van der Waals surface area contributed by atoms with Crippen molar-refractivity contribution in [1.29, 1.82) is 0 Å². The van der Waals surface area contributed by atoms with Gasteiger partial charge in [0.1, 0.15) is 5.82 Å². The van der Waals surface area contributed by atoms with Gasteiger partial charge in [0.2, 0.25) is 0 Å². The highest BCUT2D eigenvalue weighted by Crippen LogP contribution is 2.18. The summed E-state index contributed by atoms with van der Waals surface area (Å²) in [7, 11) is 1.91. The Kier molecular flexibility index (Phi) is 5.61. The highest BCUT2D eigenvalue weighted by atomic mass is 35.5. The Hall–Kier alpha value is -0.640. The van der Waals surface area contributed by atoms with Crippen molar-refractivity contribution >= 4 is 11.6 Å². The molecule has 0 unspecified atom stereocenters. The van der Waals surface area contributed by atoms with Gasteiger partial charge < -0.3 is 10.6 Å². The van der Waals surface area contributed by atoms with E-state index in [9.17, 15) is 4.39 Å². The molecule has 4 heteroatoms. The third-order valence-electron chi connectivity index (χ3n) is 2.14. The third kappa shape index (κ3) is 4.16. The van der Waals surface area contributed by atoms with E-state index < -0.39 is 0 Å². The van der Waals surface area contributed by atoms with Crippen LogP contribution >= 0.6 is 11.6 Å². The van der Waals surface area contributed by atoms with Gasteiger partial charge in [-0.1, -0.05) is 17.7 Å². The van der Waals surface area contributed by atoms with Crippen LogP contribution < -0.4 is 10.6 Å². The summed E-state index contributed by atoms with van der Waals surface area (Å²) in [6.45, 7) is 2.29. The van der Waals surface area contributed by atoms with E-state index in [4.69, 9.17) is 11.6 Å². The van der Waals surface area contributed by atoms with Gasteiger partial charge in [-0.25, -0.2) is 4.39 Å². The number of hydrogen-bond donors (Lipinski definition) is 2. The fraction of sp³-hybridized carbons (Fsp3) is 0.455. The van der Waals surface area contributed by atoms with Crippen LogP contribution in [0.25, 0.3) is 0 Å². The first-order valence-corrected chi connectivity index (χ1v) is 5.41. The van der Waals surface area contributed by atoms with E-state index in [2.05, 4.69) is 10.6 Å². The first-order valence-electron chi connectivity index (χ1n) is 5.04. The summed E-state index contributed by atoms with van der Waals surface area (Å²) in [6, 6.07) is 4.74. The lowest BCUT2D eigenvalue weighted by atomic mass is 10.2. The van der Waals surface area contributed by atoms with E-state index in [1.807, 2.05) is 7.05 Å². The largest absolute Gasteiger partial charge is 0.320 e. The van der Waals surface area contributed by atoms with Crippen molar-refractivity contribution in [1.82, 2.24) is 10.6 Å². The van der Waals surface area contributed by atoms with Crippen LogP contribution in [0, 0.1) is 5.82 Å². The number of hydrogen-bond acceptors (Lipinski definition) is 2. The predicted octanol–water partition coefficient (Wildman–Crippen LogP) is 2.18. The molecule has 0 aliphatic rings. The predicted molar refractivity (Wildman–Crippen MR) is 61.7 cm³/mol. The van der Waals surface area contributed by atoms with Gasteiger partial charge in [0, 0.05) is 17.1 Å². The van der Waals surface area contributed by atoms with Gasteiger partial charge in [-0.15, -0.1) is 0 Å². The van der Waals surface area contributed by atoms with E-state index >= 15 is 0 Å². The molecular formula is C11H16ClFN2. The molecule has 84 valence electrons. The second kappa shape index (κ2) is 6.77. The molecule has 1 rings (SSSR count). The summed E-state index contributed by atoms with van der Waals surface area (Å²) < 4.78 is 13.3. The molecule has 1 aromatic rings. The van der Waals surface area contributed by atoms with Crippen molar-refractivity contribution in [3.63, 3.8) is 0 Å². The second-order valence-electron chi connectivity index (χ2n) is 3.33. The zero-order valence-electron chi connectivity index (χ0n) is 8.82. The summed E-state index contributed by atoms with van der Waals surface area (Å²) in [5, 5.41) is 6.69. The zero-order valence-corrected chi connectivity index (χ0v) is 9.57. The zero-order chi connectivity index (χ0) is 11.1. The van der Waals surface area contributed by atoms with Crippen LogP contribution in [0.1, 0.15) is 12.0 Å². The fourth-order valence-electron chi connectivity index (χ4n) is 1.30. The number of rotatable bonds is 6. The molecule has 0 atom stereocenters. The number of benzene rings is 1. The molecule has 1 aromatic carbocycles. The molecule has 0 aliphatic carbocycles. The highest BCUT2D eigenvalue weighted by Gasteiger charge is 2.05. The Bertz CT molecular complexity index is 284. The van der Waals surface area contributed by atoms with Crippen LogP contribution in [0.15, 0.2) is 18.2 Å². The lowest BCUT2D eigenvalue weighted by Crippen LogP contribution is -2.20. The van der Waals surface area contributed by atoms with Crippen molar-refractivity contribution in [2.24, 2.45) is 0 Å². The maximum atomic E-state index is 13.3. The normalized spacial score (nSPS) is 10.6. The Morgan fingerprint density at radius 1 is 1.33 bits per heavy atom. The SMILES string of the molecule is CNCCCNCc1c(F)cccc1Cl. The van der Waals surface area contributed by atoms with Crippen molar-refractivity contribution in [2.45, 2.75) is 13.0 Å². The summed E-state index contributed by atoms with van der Waals surface area (Å²) >= 11 is 5.88. The van der Waals surface area contributed by atoms with E-state index in [1.165, 1.54) is 6.07 Å². The van der Waals surface area contributed by atoms with Crippen LogP contribution in [0.2, 0.25) is 5.02 Å². The minimum Gasteiger partial charge on any atom is -0.320 e. The van der Waals surface area contributed by atoms with Crippen LogP contribution in [0.3, 0.4) is 0 Å². The maximum Gasteiger partial charge on any atom is 0.129 e. The van der Waals surface area contributed by atoms with Crippen molar-refractivity contribution in [2.75, 3.05) is 20.1 Å². The lowest BCUT2D eigenvalue weighted by molar-refractivity contribution is 0.577. The Morgan fingerprint density at radius 2 is 2.13 bits per heavy atom. The molecule has 0 fully saturated rings. The Morgan fingerprint density at radius 3 is 2.80 bits per heavy atom. The second-order valence-corrected chi connectivity index (χ2v) is 3.74. The molecule has 0 amide bonds. The molecule has 0 saturated carbocycles. The molecule has 2 N–H and O–H groups in total. The van der Waals surface area contributed by atoms with Gasteiger partial charge in [0.05, 0.1) is 0 Å². The fourth-order valence-corrected chi connectivity index (χ4v) is 1.53. The van der Waals surface area contributed by atoms with Crippen LogP contribution in [0.4, 0.5) is 4.39 Å². The van der Waals surface area contributed by atoms with Gasteiger partial charge in [-0.3, -0.25) is 0 Å². The summed E-state index contributed by atoms with van der Waals surface area (Å²) in [4.78, 5) is 0. The monoisotopic (exact) mass is 230 g/mol. The highest BCUT2D eigenvalue weighted by molar-refractivity contribution is 6.31. The van der Waals surface area contributed by atoms with Gasteiger partial charge in [-0.2, -0.15) is 0 Å². The molecule has 0 saturated heterocycles. The molecule has 0 spiro atoms. The first kappa shape index (κ1) is 12.4. The van der Waals surface area contributed by atoms with Gasteiger partial charge in [-0.05, 0) is 38.7 Å². The number of nitrogens with one attached hydrogen (secondary N) is 2. The molecule has 0 heterocycles. The van der Waals surface area contributed by atoms with Crippen LogP contribution in [0.5, 0.6) is 0 Å². The van der Waals surface area contributed by atoms with Crippen molar-refractivity contribution < 1.29 is 4.39 Å². The van der Waals surface area contributed by atoms with Gasteiger partial charge in [0.25, 0.3) is 0 Å². The molecule has 15 heavy (non-hydrogen) atoms. The van der Waals surface area contributed by atoms with E-state index in [0.717, 1.165) is 19.5 Å². The molecular weight excluding hydrogens is 215 g/mol. The van der Waals surface area contributed by atoms with E-state index in [-0.39, 0.29) is 5.82 Å². The maximum absolute atomic E-state index is 13.3. The van der Waals surface area contributed by atoms with E-state index in [1.54, 1.807) is 12.1 Å². The lowest BCUT2D eigenvalue weighted by Gasteiger charge is -2.07. The summed E-state index contributed by atoms with van der Waals surface area (Å²) in [5.74, 6) is -0.247. The quantitative estimate of drug-likeness (QED) is 0.732. The number of halogens is 2. The third-order valence-corrected chi connectivity index (χ3v) is 2.50. The average molecular weight is 231 g/mol. The molecule has 0 radical (unpaired) electrons. The average Bonchev–Trinajstić information content (AvgIpc) is 2.21. The smallest absolute Gasteiger partial charge is 0.129 e. The molecule has 2 nitrogen and oxygen atoms in total.